The SMILES string of the molecule is Cc1ccc(N2C(=O)C(SCc3ccco3)=C(c3ccc(OCC(C)C)cc3)C2=O)cc1. The zero-order chi connectivity index (χ0) is 22.7. The highest BCUT2D eigenvalue weighted by molar-refractivity contribution is 8.03. The minimum atomic E-state index is -0.323. The molecule has 32 heavy (non-hydrogen) atoms. The molecule has 0 spiro atoms. The van der Waals surface area contributed by atoms with E-state index in [-0.39, 0.29) is 11.8 Å². The number of furan rings is 1. The molecule has 1 aromatic heterocycles. The third-order valence-corrected chi connectivity index (χ3v) is 6.09. The van der Waals surface area contributed by atoms with E-state index in [0.29, 0.717) is 40.0 Å². The number of anilines is 1. The van der Waals surface area contributed by atoms with Crippen LogP contribution in [-0.2, 0) is 15.3 Å². The maximum absolute atomic E-state index is 13.5. The van der Waals surface area contributed by atoms with Crippen LogP contribution in [0.3, 0.4) is 0 Å². The van der Waals surface area contributed by atoms with Crippen LogP contribution in [0.15, 0.2) is 76.2 Å². The maximum Gasteiger partial charge on any atom is 0.272 e. The van der Waals surface area contributed by atoms with Gasteiger partial charge in [0.05, 0.1) is 34.8 Å². The molecule has 0 radical (unpaired) electrons. The normalized spacial score (nSPS) is 14.1. The van der Waals surface area contributed by atoms with Crippen molar-refractivity contribution >= 4 is 34.8 Å². The van der Waals surface area contributed by atoms with E-state index in [0.717, 1.165) is 17.1 Å². The number of carbonyl (C=O) groups excluding carboxylic acids is 2. The first-order valence-electron chi connectivity index (χ1n) is 10.5. The largest absolute Gasteiger partial charge is 0.493 e. The molecule has 1 aliphatic rings. The smallest absolute Gasteiger partial charge is 0.272 e. The van der Waals surface area contributed by atoms with Crippen molar-refractivity contribution in [3.63, 3.8) is 0 Å². The summed E-state index contributed by atoms with van der Waals surface area (Å²) in [6.45, 7) is 6.76. The summed E-state index contributed by atoms with van der Waals surface area (Å²) in [4.78, 5) is 28.5. The van der Waals surface area contributed by atoms with Crippen molar-refractivity contribution in [1.29, 1.82) is 0 Å². The third kappa shape index (κ3) is 4.65. The summed E-state index contributed by atoms with van der Waals surface area (Å²) in [5.74, 6) is 1.72. The molecular weight excluding hydrogens is 422 g/mol. The van der Waals surface area contributed by atoms with Gasteiger partial charge in [0.2, 0.25) is 0 Å². The first-order valence-corrected chi connectivity index (χ1v) is 11.5. The highest BCUT2D eigenvalue weighted by Crippen LogP contribution is 2.40. The summed E-state index contributed by atoms with van der Waals surface area (Å²) in [5, 5.41) is 0. The highest BCUT2D eigenvalue weighted by atomic mass is 32.2. The van der Waals surface area contributed by atoms with Crippen LogP contribution in [0.1, 0.15) is 30.7 Å². The van der Waals surface area contributed by atoms with Crippen molar-refractivity contribution in [1.82, 2.24) is 0 Å². The lowest BCUT2D eigenvalue weighted by molar-refractivity contribution is -0.119. The number of imide groups is 1. The molecule has 0 atom stereocenters. The molecule has 1 aliphatic heterocycles. The van der Waals surface area contributed by atoms with Gasteiger partial charge in [-0.15, -0.1) is 11.8 Å². The molecule has 3 aromatic rings. The van der Waals surface area contributed by atoms with E-state index in [4.69, 9.17) is 9.15 Å². The predicted octanol–water partition coefficient (Wildman–Crippen LogP) is 5.84. The lowest BCUT2D eigenvalue weighted by atomic mass is 10.1. The van der Waals surface area contributed by atoms with Crippen molar-refractivity contribution < 1.29 is 18.7 Å². The Kier molecular flexibility index (Phi) is 6.51. The third-order valence-electron chi connectivity index (χ3n) is 5.00. The number of aryl methyl sites for hydroxylation is 1. The summed E-state index contributed by atoms with van der Waals surface area (Å²) >= 11 is 1.32. The van der Waals surface area contributed by atoms with E-state index >= 15 is 0 Å². The van der Waals surface area contributed by atoms with Crippen molar-refractivity contribution in [2.24, 2.45) is 5.92 Å². The Labute approximate surface area is 192 Å². The Morgan fingerprint density at radius 1 is 0.969 bits per heavy atom. The van der Waals surface area contributed by atoms with E-state index in [1.165, 1.54) is 16.7 Å². The second-order valence-corrected chi connectivity index (χ2v) is 9.07. The summed E-state index contributed by atoms with van der Waals surface area (Å²) < 4.78 is 11.2. The summed E-state index contributed by atoms with van der Waals surface area (Å²) in [6, 6.07) is 18.4. The molecule has 0 saturated carbocycles. The number of hydrogen-bond acceptors (Lipinski definition) is 5. The van der Waals surface area contributed by atoms with Crippen molar-refractivity contribution in [3.05, 3.63) is 88.7 Å². The number of hydrogen-bond donors (Lipinski definition) is 0. The Morgan fingerprint density at radius 3 is 2.31 bits per heavy atom. The summed E-state index contributed by atoms with van der Waals surface area (Å²) in [6.07, 6.45) is 1.60. The highest BCUT2D eigenvalue weighted by Gasteiger charge is 2.40. The minimum absolute atomic E-state index is 0.314. The van der Waals surface area contributed by atoms with E-state index in [1.807, 2.05) is 49.4 Å². The lowest BCUT2D eigenvalue weighted by Gasteiger charge is -2.15. The average Bonchev–Trinajstić information content (AvgIpc) is 3.38. The number of rotatable bonds is 8. The molecule has 5 nitrogen and oxygen atoms in total. The van der Waals surface area contributed by atoms with Gasteiger partial charge in [-0.25, -0.2) is 4.90 Å². The molecule has 2 amide bonds. The van der Waals surface area contributed by atoms with Crippen LogP contribution < -0.4 is 9.64 Å². The molecule has 0 unspecified atom stereocenters. The molecule has 164 valence electrons. The second-order valence-electron chi connectivity index (χ2n) is 8.08. The van der Waals surface area contributed by atoms with Gasteiger partial charge in [-0.1, -0.05) is 43.7 Å². The van der Waals surface area contributed by atoms with Gasteiger partial charge in [0.1, 0.15) is 11.5 Å². The molecular formula is C26H25NO4S. The molecule has 0 fully saturated rings. The molecule has 0 saturated heterocycles. The van der Waals surface area contributed by atoms with Crippen LogP contribution in [0.25, 0.3) is 5.57 Å². The van der Waals surface area contributed by atoms with E-state index < -0.39 is 0 Å². The van der Waals surface area contributed by atoms with Gasteiger partial charge in [0.25, 0.3) is 11.8 Å². The zero-order valence-corrected chi connectivity index (χ0v) is 19.1. The molecule has 2 aromatic carbocycles. The molecule has 6 heteroatoms. The Balaban J connectivity index is 1.67. The Bertz CT molecular complexity index is 1130. The van der Waals surface area contributed by atoms with Gasteiger partial charge in [0, 0.05) is 0 Å². The number of benzene rings is 2. The quantitative estimate of drug-likeness (QED) is 0.406. The van der Waals surface area contributed by atoms with Crippen molar-refractivity contribution in [3.8, 4) is 5.75 Å². The van der Waals surface area contributed by atoms with Crippen LogP contribution >= 0.6 is 11.8 Å². The fourth-order valence-corrected chi connectivity index (χ4v) is 4.36. The maximum atomic E-state index is 13.5. The Morgan fingerprint density at radius 2 is 1.69 bits per heavy atom. The van der Waals surface area contributed by atoms with Crippen LogP contribution in [-0.4, -0.2) is 18.4 Å². The molecule has 0 bridgehead atoms. The van der Waals surface area contributed by atoms with Crippen molar-refractivity contribution in [2.45, 2.75) is 26.5 Å². The topological polar surface area (TPSA) is 59.8 Å². The van der Waals surface area contributed by atoms with Gasteiger partial charge < -0.3 is 9.15 Å². The summed E-state index contributed by atoms with van der Waals surface area (Å²) in [7, 11) is 0. The van der Waals surface area contributed by atoms with Crippen LogP contribution in [0, 0.1) is 12.8 Å². The van der Waals surface area contributed by atoms with Gasteiger partial charge in [-0.05, 0) is 54.8 Å². The number of thioether (sulfide) groups is 1. The standard InChI is InChI=1S/C26H25NO4S/c1-17(2)15-31-21-12-8-19(9-13-21)23-24(32-16-22-5-4-14-30-22)26(29)27(25(23)28)20-10-6-18(3)7-11-20/h4-14,17H,15-16H2,1-3H3. The monoisotopic (exact) mass is 447 g/mol. The molecule has 2 heterocycles. The molecule has 0 aliphatic carbocycles. The lowest BCUT2D eigenvalue weighted by Crippen LogP contribution is -2.31. The van der Waals surface area contributed by atoms with E-state index in [9.17, 15) is 9.59 Å². The van der Waals surface area contributed by atoms with Gasteiger partial charge >= 0.3 is 0 Å². The predicted molar refractivity (Wildman–Crippen MR) is 127 cm³/mol. The van der Waals surface area contributed by atoms with Gasteiger partial charge in [0.15, 0.2) is 0 Å². The minimum Gasteiger partial charge on any atom is -0.493 e. The van der Waals surface area contributed by atoms with Crippen LogP contribution in [0.4, 0.5) is 5.69 Å². The zero-order valence-electron chi connectivity index (χ0n) is 18.3. The first-order chi connectivity index (χ1) is 15.4. The fraction of sp³-hybridized carbons (Fsp3) is 0.231. The number of ether oxygens (including phenoxy) is 1. The van der Waals surface area contributed by atoms with E-state index in [2.05, 4.69) is 13.8 Å². The number of amides is 2. The van der Waals surface area contributed by atoms with Crippen molar-refractivity contribution in [2.75, 3.05) is 11.5 Å². The molecule has 4 rings (SSSR count). The second kappa shape index (κ2) is 9.49. The fourth-order valence-electron chi connectivity index (χ4n) is 3.35. The van der Waals surface area contributed by atoms with Gasteiger partial charge in [-0.2, -0.15) is 0 Å². The number of carbonyl (C=O) groups is 2. The number of nitrogens with zero attached hydrogens (tertiary/aromatic N) is 1. The first kappa shape index (κ1) is 22.0. The summed E-state index contributed by atoms with van der Waals surface area (Å²) in [5.41, 5.74) is 2.72. The average molecular weight is 448 g/mol. The van der Waals surface area contributed by atoms with Crippen LogP contribution in [0.5, 0.6) is 5.75 Å². The Hall–Kier alpha value is -3.25. The van der Waals surface area contributed by atoms with E-state index in [1.54, 1.807) is 24.5 Å². The van der Waals surface area contributed by atoms with Gasteiger partial charge in [-0.3, -0.25) is 9.59 Å². The van der Waals surface area contributed by atoms with Crippen LogP contribution in [0.2, 0.25) is 0 Å². The molecule has 0 N–H and O–H groups in total.